The molecule has 10 heteroatoms. The quantitative estimate of drug-likeness (QED) is 0.356. The van der Waals surface area contributed by atoms with Gasteiger partial charge >= 0.3 is 19.4 Å². The number of alkyl halides is 2. The zero-order valence-corrected chi connectivity index (χ0v) is 17.0. The van der Waals surface area contributed by atoms with Crippen LogP contribution in [-0.2, 0) is 24.9 Å². The first-order valence-electron chi connectivity index (χ1n) is 8.81. The van der Waals surface area contributed by atoms with Crippen molar-refractivity contribution < 1.29 is 36.7 Å². The van der Waals surface area contributed by atoms with Gasteiger partial charge in [0.15, 0.2) is 0 Å². The third kappa shape index (κ3) is 5.65. The maximum Gasteiger partial charge on any atom is 0.410 e. The van der Waals surface area contributed by atoms with Gasteiger partial charge in [-0.1, -0.05) is 24.3 Å². The Morgan fingerprint density at radius 1 is 1.24 bits per heavy atom. The van der Waals surface area contributed by atoms with E-state index in [0.29, 0.717) is 11.3 Å². The molecule has 1 fully saturated rings. The van der Waals surface area contributed by atoms with Crippen molar-refractivity contribution in [1.82, 2.24) is 4.90 Å². The highest BCUT2D eigenvalue weighted by atomic mass is 31.2. The van der Waals surface area contributed by atoms with Crippen LogP contribution in [0.5, 0.6) is 5.75 Å². The highest BCUT2D eigenvalue weighted by Gasteiger charge is 2.56. The molecule has 1 aliphatic heterocycles. The van der Waals surface area contributed by atoms with Crippen LogP contribution < -0.4 is 4.74 Å². The fraction of sp³-hybridized carbons (Fsp3) is 0.421. The number of methoxy groups -OCH3 is 1. The van der Waals surface area contributed by atoms with Gasteiger partial charge in [0.2, 0.25) is 0 Å². The van der Waals surface area contributed by atoms with Crippen LogP contribution in [-0.4, -0.2) is 49.6 Å². The lowest BCUT2D eigenvalue weighted by molar-refractivity contribution is 0.0164. The molecule has 1 aromatic carbocycles. The van der Waals surface area contributed by atoms with Gasteiger partial charge in [-0.3, -0.25) is 9.46 Å². The molecule has 1 saturated heterocycles. The van der Waals surface area contributed by atoms with E-state index in [9.17, 15) is 18.1 Å². The molecule has 29 heavy (non-hydrogen) atoms. The average Bonchev–Trinajstić information content (AvgIpc) is 3.04. The van der Waals surface area contributed by atoms with Gasteiger partial charge in [-0.05, 0) is 17.7 Å². The Kier molecular flexibility index (Phi) is 7.96. The Bertz CT molecular complexity index is 754. The minimum Gasteiger partial charge on any atom is -0.497 e. The van der Waals surface area contributed by atoms with Crippen LogP contribution >= 0.6 is 7.60 Å². The molecule has 160 valence electrons. The number of halogens is 2. The number of amides is 1. The fourth-order valence-corrected chi connectivity index (χ4v) is 4.19. The Balaban J connectivity index is 2.16. The minimum absolute atomic E-state index is 0.0505. The van der Waals surface area contributed by atoms with Crippen LogP contribution in [0.3, 0.4) is 0 Å². The second-order valence-electron chi connectivity index (χ2n) is 6.24. The summed E-state index contributed by atoms with van der Waals surface area (Å²) in [6, 6.07) is 5.81. The molecule has 1 aliphatic rings. The van der Waals surface area contributed by atoms with E-state index in [-0.39, 0.29) is 26.4 Å². The molecule has 0 radical (unpaired) electrons. The van der Waals surface area contributed by atoms with Crippen molar-refractivity contribution in [2.75, 3.05) is 26.9 Å². The summed E-state index contributed by atoms with van der Waals surface area (Å²) in [7, 11) is -3.31. The molecule has 0 aliphatic carbocycles. The molecule has 1 aromatic rings. The number of rotatable bonds is 12. The molecule has 0 unspecified atom stereocenters. The van der Waals surface area contributed by atoms with Crippen LogP contribution in [0.1, 0.15) is 12.0 Å². The highest BCUT2D eigenvalue weighted by Crippen LogP contribution is 2.64. The Hall–Kier alpha value is -2.22. The molecule has 7 nitrogen and oxygen atoms in total. The van der Waals surface area contributed by atoms with E-state index in [0.717, 1.165) is 0 Å². The fourth-order valence-electron chi connectivity index (χ4n) is 2.70. The van der Waals surface area contributed by atoms with Crippen molar-refractivity contribution in [1.29, 1.82) is 0 Å². The first-order chi connectivity index (χ1) is 13.8. The Labute approximate surface area is 168 Å². The molecule has 0 saturated carbocycles. The van der Waals surface area contributed by atoms with Crippen molar-refractivity contribution in [3.8, 4) is 5.75 Å². The van der Waals surface area contributed by atoms with Gasteiger partial charge in [0, 0.05) is 13.0 Å². The maximum atomic E-state index is 14.9. The Morgan fingerprint density at radius 2 is 1.83 bits per heavy atom. The number of cyclic esters (lactones) is 1. The lowest BCUT2D eigenvalue weighted by Gasteiger charge is -2.29. The van der Waals surface area contributed by atoms with Crippen LogP contribution in [0.25, 0.3) is 0 Å². The van der Waals surface area contributed by atoms with E-state index in [4.69, 9.17) is 18.5 Å². The number of carbonyl (C=O) groups excluding carboxylic acids is 1. The number of hydrogen-bond donors (Lipinski definition) is 0. The molecule has 2 rings (SSSR count). The normalized spacial score (nSPS) is 17.1. The number of nitrogens with zero attached hydrogens (tertiary/aromatic N) is 1. The van der Waals surface area contributed by atoms with Gasteiger partial charge < -0.3 is 18.5 Å². The zero-order valence-electron chi connectivity index (χ0n) is 16.1. The summed E-state index contributed by atoms with van der Waals surface area (Å²) in [4.78, 5) is 13.2. The van der Waals surface area contributed by atoms with Gasteiger partial charge in [0.1, 0.15) is 12.4 Å². The Morgan fingerprint density at radius 3 is 2.34 bits per heavy atom. The predicted octanol–water partition coefficient (Wildman–Crippen LogP) is 4.60. The SMILES string of the molecule is C=CCOP(=O)(OCC=C)C(F)(F)C[C@H]1COC(=O)N1Cc1ccc(OC)cc1. The van der Waals surface area contributed by atoms with Crippen LogP contribution in [0, 0.1) is 0 Å². The van der Waals surface area contributed by atoms with E-state index in [1.54, 1.807) is 24.3 Å². The lowest BCUT2D eigenvalue weighted by atomic mass is 10.1. The number of benzene rings is 1. The monoisotopic (exact) mass is 431 g/mol. The van der Waals surface area contributed by atoms with Crippen LogP contribution in [0.15, 0.2) is 49.6 Å². The minimum atomic E-state index is -4.83. The molecule has 1 amide bonds. The van der Waals surface area contributed by atoms with Gasteiger partial charge in [0.25, 0.3) is 0 Å². The first-order valence-corrected chi connectivity index (χ1v) is 10.4. The molecule has 0 aromatic heterocycles. The second kappa shape index (κ2) is 10.0. The summed E-state index contributed by atoms with van der Waals surface area (Å²) in [5, 5.41) is 0. The van der Waals surface area contributed by atoms with E-state index in [1.807, 2.05) is 0 Å². The summed E-state index contributed by atoms with van der Waals surface area (Å²) in [5.74, 6) is 0.625. The van der Waals surface area contributed by atoms with E-state index >= 15 is 0 Å². The molecular formula is C19H24F2NO6P. The van der Waals surface area contributed by atoms with Crippen molar-refractivity contribution in [3.63, 3.8) is 0 Å². The van der Waals surface area contributed by atoms with Crippen molar-refractivity contribution in [2.45, 2.75) is 24.7 Å². The van der Waals surface area contributed by atoms with Gasteiger partial charge in [-0.2, -0.15) is 8.78 Å². The summed E-state index contributed by atoms with van der Waals surface area (Å²) in [6.45, 7) is 5.77. The molecule has 1 heterocycles. The molecular weight excluding hydrogens is 407 g/mol. The largest absolute Gasteiger partial charge is 0.497 e. The smallest absolute Gasteiger partial charge is 0.410 e. The number of carbonyl (C=O) groups is 1. The predicted molar refractivity (Wildman–Crippen MR) is 103 cm³/mol. The maximum absolute atomic E-state index is 14.9. The van der Waals surface area contributed by atoms with Crippen LogP contribution in [0.2, 0.25) is 0 Å². The summed E-state index contributed by atoms with van der Waals surface area (Å²) >= 11 is 0. The van der Waals surface area contributed by atoms with E-state index in [1.165, 1.54) is 24.2 Å². The molecule has 0 N–H and O–H groups in total. The van der Waals surface area contributed by atoms with E-state index < -0.39 is 31.8 Å². The second-order valence-corrected chi connectivity index (χ2v) is 8.41. The van der Waals surface area contributed by atoms with Crippen LogP contribution in [0.4, 0.5) is 13.6 Å². The lowest BCUT2D eigenvalue weighted by Crippen LogP contribution is -2.38. The third-order valence-electron chi connectivity index (χ3n) is 4.19. The van der Waals surface area contributed by atoms with Gasteiger partial charge in [-0.25, -0.2) is 4.79 Å². The summed E-state index contributed by atoms with van der Waals surface area (Å²) in [6.07, 6.45) is 0.715. The summed E-state index contributed by atoms with van der Waals surface area (Å²) < 4.78 is 62.2. The highest BCUT2D eigenvalue weighted by molar-refractivity contribution is 7.55. The number of ether oxygens (including phenoxy) is 2. The molecule has 0 spiro atoms. The van der Waals surface area contributed by atoms with Crippen molar-refractivity contribution in [2.24, 2.45) is 0 Å². The topological polar surface area (TPSA) is 74.3 Å². The summed E-state index contributed by atoms with van der Waals surface area (Å²) in [5.41, 5.74) is -3.15. The van der Waals surface area contributed by atoms with Crippen molar-refractivity contribution in [3.05, 3.63) is 55.1 Å². The van der Waals surface area contributed by atoms with Crippen molar-refractivity contribution >= 4 is 13.7 Å². The zero-order chi connectivity index (χ0) is 21.5. The van der Waals surface area contributed by atoms with E-state index in [2.05, 4.69) is 13.2 Å². The van der Waals surface area contributed by atoms with Gasteiger partial charge in [-0.15, -0.1) is 13.2 Å². The molecule has 1 atom stereocenters. The average molecular weight is 431 g/mol. The number of hydrogen-bond acceptors (Lipinski definition) is 6. The first kappa shape index (κ1) is 23.1. The third-order valence-corrected chi connectivity index (χ3v) is 6.15. The molecule has 0 bridgehead atoms. The van der Waals surface area contributed by atoms with Gasteiger partial charge in [0.05, 0.1) is 26.4 Å². The standard InChI is InChI=1S/C19H24F2NO6P/c1-4-10-27-29(24,28-11-5-2)19(20,21)12-16-14-26-18(23)22(16)13-15-6-8-17(25-3)9-7-15/h4-9,16H,1-2,10-14H2,3H3/t16-/m0/s1.